The number of ether oxygens (including phenoxy) is 1. The van der Waals surface area contributed by atoms with Crippen molar-refractivity contribution in [1.82, 2.24) is 0 Å². The quantitative estimate of drug-likeness (QED) is 0.483. The fourth-order valence-corrected chi connectivity index (χ4v) is 2.48. The molecule has 0 bridgehead atoms. The van der Waals surface area contributed by atoms with Crippen LogP contribution in [0.25, 0.3) is 0 Å². The van der Waals surface area contributed by atoms with Crippen molar-refractivity contribution in [2.24, 2.45) is 5.92 Å². The predicted octanol–water partition coefficient (Wildman–Crippen LogP) is 3.47. The molecular weight excluding hydrogens is 265 g/mol. The lowest BCUT2D eigenvalue weighted by molar-refractivity contribution is -0.384. The van der Waals surface area contributed by atoms with Crippen LogP contribution in [0.15, 0.2) is 18.2 Å². The Bertz CT molecular complexity index is 532. The molecule has 0 aliphatic heterocycles. The first-order valence-electron chi connectivity index (χ1n) is 6.62. The highest BCUT2D eigenvalue weighted by Gasteiger charge is 2.25. The van der Waals surface area contributed by atoms with E-state index in [0.29, 0.717) is 5.92 Å². The lowest BCUT2D eigenvalue weighted by Gasteiger charge is -2.26. The van der Waals surface area contributed by atoms with E-state index in [2.05, 4.69) is 6.92 Å². The number of halogens is 1. The first kappa shape index (κ1) is 14.4. The third-order valence-electron chi connectivity index (χ3n) is 3.54. The Morgan fingerprint density at radius 3 is 2.85 bits per heavy atom. The van der Waals surface area contributed by atoms with E-state index >= 15 is 0 Å². The molecule has 2 unspecified atom stereocenters. The smallest absolute Gasteiger partial charge is 0.341 e. The van der Waals surface area contributed by atoms with Crippen molar-refractivity contribution >= 4 is 11.7 Å². The summed E-state index contributed by atoms with van der Waals surface area (Å²) in [5.74, 6) is -1.16. The number of rotatable bonds is 3. The van der Waals surface area contributed by atoms with Crippen molar-refractivity contribution in [3.8, 4) is 0 Å². The van der Waals surface area contributed by atoms with Gasteiger partial charge in [-0.2, -0.15) is 0 Å². The van der Waals surface area contributed by atoms with Gasteiger partial charge in [0.2, 0.25) is 0 Å². The average Bonchev–Trinajstić information content (AvgIpc) is 2.38. The van der Waals surface area contributed by atoms with Gasteiger partial charge in [-0.15, -0.1) is 0 Å². The zero-order valence-corrected chi connectivity index (χ0v) is 11.2. The number of carbonyl (C=O) groups excluding carboxylic acids is 1. The molecule has 1 saturated carbocycles. The number of carbonyl (C=O) groups is 1. The predicted molar refractivity (Wildman–Crippen MR) is 69.9 cm³/mol. The molecule has 0 spiro atoms. The van der Waals surface area contributed by atoms with E-state index in [0.717, 1.165) is 43.9 Å². The van der Waals surface area contributed by atoms with Crippen LogP contribution in [0.2, 0.25) is 0 Å². The summed E-state index contributed by atoms with van der Waals surface area (Å²) in [5.41, 5.74) is -0.701. The largest absolute Gasteiger partial charge is 0.459 e. The van der Waals surface area contributed by atoms with Crippen molar-refractivity contribution in [3.05, 3.63) is 39.7 Å². The van der Waals surface area contributed by atoms with Crippen LogP contribution in [0.4, 0.5) is 10.1 Å². The van der Waals surface area contributed by atoms with Crippen LogP contribution in [0.3, 0.4) is 0 Å². The summed E-state index contributed by atoms with van der Waals surface area (Å²) >= 11 is 0. The molecule has 0 N–H and O–H groups in total. The second kappa shape index (κ2) is 5.98. The number of benzene rings is 1. The van der Waals surface area contributed by atoms with E-state index in [1.54, 1.807) is 0 Å². The Labute approximate surface area is 115 Å². The summed E-state index contributed by atoms with van der Waals surface area (Å²) in [6, 6.07) is 2.86. The molecule has 0 saturated heterocycles. The van der Waals surface area contributed by atoms with Crippen LogP contribution in [0.5, 0.6) is 0 Å². The highest BCUT2D eigenvalue weighted by Crippen LogP contribution is 2.27. The number of hydrogen-bond acceptors (Lipinski definition) is 4. The summed E-state index contributed by atoms with van der Waals surface area (Å²) in [4.78, 5) is 21.9. The Kier molecular flexibility index (Phi) is 4.32. The second-order valence-electron chi connectivity index (χ2n) is 5.22. The Morgan fingerprint density at radius 2 is 2.20 bits per heavy atom. The van der Waals surface area contributed by atoms with E-state index in [1.807, 2.05) is 0 Å². The molecule has 1 aromatic carbocycles. The third kappa shape index (κ3) is 3.31. The third-order valence-corrected chi connectivity index (χ3v) is 3.54. The maximum Gasteiger partial charge on any atom is 0.341 e. The summed E-state index contributed by atoms with van der Waals surface area (Å²) in [6.07, 6.45) is 3.34. The van der Waals surface area contributed by atoms with Gasteiger partial charge >= 0.3 is 5.97 Å². The van der Waals surface area contributed by atoms with E-state index in [-0.39, 0.29) is 17.4 Å². The highest BCUT2D eigenvalue weighted by molar-refractivity contribution is 5.90. The number of nitro groups is 1. The van der Waals surface area contributed by atoms with Crippen LogP contribution in [0.1, 0.15) is 43.0 Å². The minimum atomic E-state index is -0.828. The van der Waals surface area contributed by atoms with Crippen LogP contribution in [-0.2, 0) is 4.74 Å². The molecule has 1 aliphatic carbocycles. The molecule has 0 aromatic heterocycles. The fourth-order valence-electron chi connectivity index (χ4n) is 2.48. The molecule has 1 aliphatic rings. The number of hydrogen-bond donors (Lipinski definition) is 0. The maximum atomic E-state index is 13.6. The normalized spacial score (nSPS) is 22.3. The summed E-state index contributed by atoms with van der Waals surface area (Å²) in [5, 5.41) is 10.7. The number of nitro benzene ring substituents is 1. The molecule has 2 atom stereocenters. The van der Waals surface area contributed by atoms with Gasteiger partial charge in [-0.25, -0.2) is 9.18 Å². The Hall–Kier alpha value is -1.98. The van der Waals surface area contributed by atoms with Crippen molar-refractivity contribution in [3.63, 3.8) is 0 Å². The lowest BCUT2D eigenvalue weighted by atomic mass is 9.89. The summed E-state index contributed by atoms with van der Waals surface area (Å²) in [7, 11) is 0. The van der Waals surface area contributed by atoms with Gasteiger partial charge in [0, 0.05) is 12.1 Å². The van der Waals surface area contributed by atoms with Crippen molar-refractivity contribution in [2.45, 2.75) is 38.7 Å². The van der Waals surface area contributed by atoms with E-state index < -0.39 is 16.7 Å². The van der Waals surface area contributed by atoms with E-state index in [1.165, 1.54) is 0 Å². The molecule has 1 aromatic rings. The van der Waals surface area contributed by atoms with Gasteiger partial charge in [0.1, 0.15) is 17.5 Å². The van der Waals surface area contributed by atoms with Crippen LogP contribution in [0, 0.1) is 21.8 Å². The minimum absolute atomic E-state index is 0.232. The van der Waals surface area contributed by atoms with Crippen LogP contribution >= 0.6 is 0 Å². The van der Waals surface area contributed by atoms with Gasteiger partial charge in [-0.3, -0.25) is 10.1 Å². The summed E-state index contributed by atoms with van der Waals surface area (Å²) < 4.78 is 18.9. The van der Waals surface area contributed by atoms with Crippen LogP contribution in [-0.4, -0.2) is 17.0 Å². The monoisotopic (exact) mass is 281 g/mol. The zero-order chi connectivity index (χ0) is 14.7. The van der Waals surface area contributed by atoms with E-state index in [4.69, 9.17) is 4.74 Å². The first-order valence-corrected chi connectivity index (χ1v) is 6.62. The molecule has 2 rings (SSSR count). The molecule has 20 heavy (non-hydrogen) atoms. The highest BCUT2D eigenvalue weighted by atomic mass is 19.1. The lowest BCUT2D eigenvalue weighted by Crippen LogP contribution is -2.25. The van der Waals surface area contributed by atoms with Gasteiger partial charge in [-0.05, 0) is 31.2 Å². The molecule has 1 fully saturated rings. The van der Waals surface area contributed by atoms with Crippen molar-refractivity contribution in [1.29, 1.82) is 0 Å². The maximum absolute atomic E-state index is 13.6. The van der Waals surface area contributed by atoms with Crippen molar-refractivity contribution in [2.75, 3.05) is 0 Å². The molecule has 0 amide bonds. The Morgan fingerprint density at radius 1 is 1.45 bits per heavy atom. The van der Waals surface area contributed by atoms with Crippen molar-refractivity contribution < 1.29 is 18.8 Å². The van der Waals surface area contributed by atoms with Gasteiger partial charge in [0.15, 0.2) is 0 Å². The number of esters is 1. The summed E-state index contributed by atoms with van der Waals surface area (Å²) in [6.45, 7) is 2.08. The van der Waals surface area contributed by atoms with Gasteiger partial charge in [0.25, 0.3) is 5.69 Å². The van der Waals surface area contributed by atoms with E-state index in [9.17, 15) is 19.3 Å². The Balaban J connectivity index is 2.12. The zero-order valence-electron chi connectivity index (χ0n) is 11.2. The molecule has 0 heterocycles. The molecular formula is C14H16FNO4. The molecule has 5 nitrogen and oxygen atoms in total. The number of nitrogens with zero attached hydrogens (tertiary/aromatic N) is 1. The SMILES string of the molecule is CC1CCCC(OC(=O)c2cc([N+](=O)[O-])ccc2F)C1. The van der Waals surface area contributed by atoms with Gasteiger partial charge in [0.05, 0.1) is 4.92 Å². The average molecular weight is 281 g/mol. The van der Waals surface area contributed by atoms with Gasteiger partial charge < -0.3 is 4.74 Å². The fraction of sp³-hybridized carbons (Fsp3) is 0.500. The number of non-ortho nitro benzene ring substituents is 1. The van der Waals surface area contributed by atoms with Crippen LogP contribution < -0.4 is 0 Å². The topological polar surface area (TPSA) is 69.4 Å². The molecule has 6 heteroatoms. The molecule has 108 valence electrons. The second-order valence-corrected chi connectivity index (χ2v) is 5.22. The first-order chi connectivity index (χ1) is 9.47. The van der Waals surface area contributed by atoms with Gasteiger partial charge in [-0.1, -0.05) is 13.3 Å². The minimum Gasteiger partial charge on any atom is -0.459 e. The molecule has 0 radical (unpaired) electrons. The standard InChI is InChI=1S/C14H16FNO4/c1-9-3-2-4-11(7-9)20-14(17)12-8-10(16(18)19)5-6-13(12)15/h5-6,8-9,11H,2-4,7H2,1H3.